The first kappa shape index (κ1) is 11.7. The highest BCUT2D eigenvalue weighted by Gasteiger charge is 2.00. The lowest BCUT2D eigenvalue weighted by molar-refractivity contribution is -0.112. The van der Waals surface area contributed by atoms with E-state index in [1.54, 1.807) is 13.0 Å². The average molecular weight is 318 g/mol. The van der Waals surface area contributed by atoms with Gasteiger partial charge in [-0.2, -0.15) is 0 Å². The molecule has 1 aromatic carbocycles. The monoisotopic (exact) mass is 316 g/mol. The number of hydrogen-bond donors (Lipinski definition) is 0. The van der Waals surface area contributed by atoms with Crippen molar-refractivity contribution in [2.24, 2.45) is 0 Å². The maximum absolute atomic E-state index is 10.9. The van der Waals surface area contributed by atoms with Gasteiger partial charge in [-0.15, -0.1) is 0 Å². The number of benzene rings is 1. The number of halogens is 2. The van der Waals surface area contributed by atoms with Crippen molar-refractivity contribution in [3.63, 3.8) is 0 Å². The van der Waals surface area contributed by atoms with E-state index in [1.807, 2.05) is 25.1 Å². The topological polar surface area (TPSA) is 17.1 Å². The van der Waals surface area contributed by atoms with E-state index in [9.17, 15) is 4.79 Å². The number of hydrogen-bond acceptors (Lipinski definition) is 1. The lowest BCUT2D eigenvalue weighted by Crippen LogP contribution is -1.86. The largest absolute Gasteiger partial charge is 0.295 e. The summed E-state index contributed by atoms with van der Waals surface area (Å²) in [6.07, 6.45) is 1.63. The fraction of sp³-hybridized carbons (Fsp3) is 0.182. The number of ketones is 1. The standard InChI is InChI=1S/C11H10Br2O/c1-7(3-8(2)14)9-4-10(12)6-11(13)5-9/h3-6H,1-2H3/b7-3+. The van der Waals surface area contributed by atoms with Crippen LogP contribution in [0.2, 0.25) is 0 Å². The molecule has 0 aliphatic heterocycles. The lowest BCUT2D eigenvalue weighted by Gasteiger charge is -2.02. The molecule has 14 heavy (non-hydrogen) atoms. The molecule has 0 atom stereocenters. The fourth-order valence-corrected chi connectivity index (χ4v) is 2.46. The first-order valence-electron chi connectivity index (χ1n) is 4.14. The third-order valence-electron chi connectivity index (χ3n) is 1.74. The van der Waals surface area contributed by atoms with Gasteiger partial charge in [0.1, 0.15) is 0 Å². The summed E-state index contributed by atoms with van der Waals surface area (Å²) in [5.74, 6) is 0.0681. The van der Waals surface area contributed by atoms with Crippen molar-refractivity contribution >= 4 is 43.2 Å². The van der Waals surface area contributed by atoms with Crippen LogP contribution < -0.4 is 0 Å². The van der Waals surface area contributed by atoms with Crippen LogP contribution in [0.4, 0.5) is 0 Å². The molecule has 0 bridgehead atoms. The van der Waals surface area contributed by atoms with Crippen LogP contribution in [0.25, 0.3) is 5.57 Å². The van der Waals surface area contributed by atoms with Crippen molar-refractivity contribution in [1.29, 1.82) is 0 Å². The van der Waals surface area contributed by atoms with Gasteiger partial charge in [0.05, 0.1) is 0 Å². The lowest BCUT2D eigenvalue weighted by atomic mass is 10.1. The maximum atomic E-state index is 10.9. The summed E-state index contributed by atoms with van der Waals surface area (Å²) in [6.45, 7) is 3.48. The van der Waals surface area contributed by atoms with E-state index in [0.29, 0.717) is 0 Å². The Labute approximate surface area is 100 Å². The van der Waals surface area contributed by atoms with Gasteiger partial charge in [0.15, 0.2) is 5.78 Å². The van der Waals surface area contributed by atoms with Crippen molar-refractivity contribution in [3.8, 4) is 0 Å². The van der Waals surface area contributed by atoms with Crippen molar-refractivity contribution in [2.75, 3.05) is 0 Å². The summed E-state index contributed by atoms with van der Waals surface area (Å²) >= 11 is 6.81. The predicted octanol–water partition coefficient (Wildman–Crippen LogP) is 4.20. The van der Waals surface area contributed by atoms with Crippen molar-refractivity contribution in [3.05, 3.63) is 38.8 Å². The van der Waals surface area contributed by atoms with E-state index >= 15 is 0 Å². The molecule has 0 aromatic heterocycles. The molecule has 0 fully saturated rings. The Morgan fingerprint density at radius 2 is 1.64 bits per heavy atom. The normalized spacial score (nSPS) is 11.6. The molecule has 1 rings (SSSR count). The highest BCUT2D eigenvalue weighted by molar-refractivity contribution is 9.11. The molecule has 0 aliphatic carbocycles. The molecule has 1 aromatic rings. The van der Waals surface area contributed by atoms with Gasteiger partial charge in [0.25, 0.3) is 0 Å². The Bertz CT molecular complexity index is 374. The molecule has 0 radical (unpaired) electrons. The third-order valence-corrected chi connectivity index (χ3v) is 2.65. The fourth-order valence-electron chi connectivity index (χ4n) is 1.17. The molecule has 0 aliphatic rings. The molecule has 74 valence electrons. The molecule has 0 amide bonds. The molecule has 1 nitrogen and oxygen atoms in total. The maximum Gasteiger partial charge on any atom is 0.152 e. The van der Waals surface area contributed by atoms with Crippen LogP contribution in [-0.4, -0.2) is 5.78 Å². The summed E-state index contributed by atoms with van der Waals surface area (Å²) in [6, 6.07) is 5.93. The number of carbonyl (C=O) groups is 1. The molecule has 0 saturated heterocycles. The zero-order valence-corrected chi connectivity index (χ0v) is 11.1. The van der Waals surface area contributed by atoms with Gasteiger partial charge in [-0.3, -0.25) is 4.79 Å². The highest BCUT2D eigenvalue weighted by Crippen LogP contribution is 2.24. The Morgan fingerprint density at radius 1 is 1.14 bits per heavy atom. The minimum absolute atomic E-state index is 0.0681. The van der Waals surface area contributed by atoms with Gasteiger partial charge in [0.2, 0.25) is 0 Å². The Hall–Kier alpha value is -0.410. The van der Waals surface area contributed by atoms with Crippen molar-refractivity contribution in [1.82, 2.24) is 0 Å². The summed E-state index contributed by atoms with van der Waals surface area (Å²) < 4.78 is 2.00. The molecule has 3 heteroatoms. The molecule has 0 N–H and O–H groups in total. The van der Waals surface area contributed by atoms with Crippen LogP contribution in [0, 0.1) is 0 Å². The van der Waals surface area contributed by atoms with Crippen LogP contribution in [0.3, 0.4) is 0 Å². The molecule has 0 heterocycles. The van der Waals surface area contributed by atoms with E-state index < -0.39 is 0 Å². The van der Waals surface area contributed by atoms with Crippen LogP contribution in [0.1, 0.15) is 19.4 Å². The average Bonchev–Trinajstić information content (AvgIpc) is 2.00. The highest BCUT2D eigenvalue weighted by atomic mass is 79.9. The van der Waals surface area contributed by atoms with Crippen molar-refractivity contribution in [2.45, 2.75) is 13.8 Å². The summed E-state index contributed by atoms with van der Waals surface area (Å²) in [5.41, 5.74) is 2.01. The zero-order chi connectivity index (χ0) is 10.7. The Balaban J connectivity index is 3.13. The molecular formula is C11H10Br2O. The second-order valence-corrected chi connectivity index (χ2v) is 4.93. The van der Waals surface area contributed by atoms with Crippen LogP contribution in [0.15, 0.2) is 33.2 Å². The van der Waals surface area contributed by atoms with E-state index in [-0.39, 0.29) is 5.78 Å². The summed E-state index contributed by atoms with van der Waals surface area (Å²) in [7, 11) is 0. The third kappa shape index (κ3) is 3.39. The molecule has 0 spiro atoms. The second kappa shape index (κ2) is 4.89. The van der Waals surface area contributed by atoms with E-state index in [4.69, 9.17) is 0 Å². The van der Waals surface area contributed by atoms with Crippen LogP contribution >= 0.6 is 31.9 Å². The minimum Gasteiger partial charge on any atom is -0.295 e. The number of rotatable bonds is 2. The van der Waals surface area contributed by atoms with Gasteiger partial charge < -0.3 is 0 Å². The van der Waals surface area contributed by atoms with Gasteiger partial charge in [0, 0.05) is 8.95 Å². The summed E-state index contributed by atoms with van der Waals surface area (Å²) in [4.78, 5) is 10.9. The Morgan fingerprint density at radius 3 is 2.07 bits per heavy atom. The quantitative estimate of drug-likeness (QED) is 0.747. The zero-order valence-electron chi connectivity index (χ0n) is 7.97. The molecular weight excluding hydrogens is 308 g/mol. The van der Waals surface area contributed by atoms with E-state index in [1.165, 1.54) is 0 Å². The number of allylic oxidation sites excluding steroid dienone is 2. The molecule has 0 saturated carbocycles. The smallest absolute Gasteiger partial charge is 0.152 e. The van der Waals surface area contributed by atoms with Gasteiger partial charge >= 0.3 is 0 Å². The predicted molar refractivity (Wildman–Crippen MR) is 66.2 cm³/mol. The van der Waals surface area contributed by atoms with Gasteiger partial charge in [-0.1, -0.05) is 31.9 Å². The second-order valence-electron chi connectivity index (χ2n) is 3.10. The Kier molecular flexibility index (Phi) is 4.08. The molecule has 0 unspecified atom stereocenters. The number of carbonyl (C=O) groups excluding carboxylic acids is 1. The van der Waals surface area contributed by atoms with Gasteiger partial charge in [-0.25, -0.2) is 0 Å². The van der Waals surface area contributed by atoms with Crippen LogP contribution in [-0.2, 0) is 4.79 Å². The first-order chi connectivity index (χ1) is 6.49. The SMILES string of the molecule is CC(=O)/C=C(\C)c1cc(Br)cc(Br)c1. The summed E-state index contributed by atoms with van der Waals surface area (Å²) in [5, 5.41) is 0. The van der Waals surface area contributed by atoms with Crippen molar-refractivity contribution < 1.29 is 4.79 Å². The first-order valence-corrected chi connectivity index (χ1v) is 5.73. The van der Waals surface area contributed by atoms with Crippen LogP contribution in [0.5, 0.6) is 0 Å². The van der Waals surface area contributed by atoms with Gasteiger partial charge in [-0.05, 0) is 49.3 Å². The minimum atomic E-state index is 0.0681. The van der Waals surface area contributed by atoms with E-state index in [0.717, 1.165) is 20.1 Å². The van der Waals surface area contributed by atoms with E-state index in [2.05, 4.69) is 31.9 Å².